The van der Waals surface area contributed by atoms with E-state index in [4.69, 9.17) is 9.84 Å². The zero-order valence-electron chi connectivity index (χ0n) is 25.7. The number of carbonyl (C=O) groups is 4. The molecule has 7 N–H and O–H groups in total. The number of piperidine rings is 1. The number of rotatable bonds is 10. The highest BCUT2D eigenvalue weighted by molar-refractivity contribution is 6.03. The predicted molar refractivity (Wildman–Crippen MR) is 168 cm³/mol. The number of hydrogen-bond acceptors (Lipinski definition) is 8. The molecule has 1 aromatic heterocycles. The Hall–Kier alpha value is -4.62. The lowest BCUT2D eigenvalue weighted by Gasteiger charge is -2.62. The maximum atomic E-state index is 13.0. The third-order valence-corrected chi connectivity index (χ3v) is 10.9. The Balaban J connectivity index is 1.06. The maximum absolute atomic E-state index is 13.0. The van der Waals surface area contributed by atoms with E-state index in [-0.39, 0.29) is 31.2 Å². The van der Waals surface area contributed by atoms with E-state index in [1.165, 1.54) is 12.8 Å². The highest BCUT2D eigenvalue weighted by Crippen LogP contribution is 2.69. The number of aromatic amines is 1. The van der Waals surface area contributed by atoms with Crippen molar-refractivity contribution in [3.05, 3.63) is 52.7 Å². The van der Waals surface area contributed by atoms with E-state index in [2.05, 4.69) is 25.8 Å². The van der Waals surface area contributed by atoms with Gasteiger partial charge in [0.05, 0.1) is 34.5 Å². The second kappa shape index (κ2) is 10.7. The first-order chi connectivity index (χ1) is 22.6. The molecule has 0 radical (unpaired) electrons. The molecule has 2 fully saturated rings. The molecule has 2 bridgehead atoms. The first-order valence-electron chi connectivity index (χ1n) is 16.3. The van der Waals surface area contributed by atoms with Crippen LogP contribution in [0.5, 0.6) is 11.5 Å². The predicted octanol–water partition coefficient (Wildman–Crippen LogP) is 1.61. The van der Waals surface area contributed by atoms with Gasteiger partial charge in [0.1, 0.15) is 6.54 Å². The molecule has 0 unspecified atom stereocenters. The van der Waals surface area contributed by atoms with Crippen LogP contribution in [0.3, 0.4) is 0 Å². The van der Waals surface area contributed by atoms with Crippen molar-refractivity contribution in [2.75, 3.05) is 31.5 Å². The number of carboxylic acids is 1. The van der Waals surface area contributed by atoms with Gasteiger partial charge in [0.25, 0.3) is 0 Å². The number of carbonyl (C=O) groups excluding carboxylic acids is 3. The molecule has 8 rings (SSSR count). The summed E-state index contributed by atoms with van der Waals surface area (Å²) < 4.78 is 6.66. The molecule has 13 heteroatoms. The molecule has 4 atom stereocenters. The number of phenols is 1. The van der Waals surface area contributed by atoms with Crippen molar-refractivity contribution >= 4 is 40.3 Å². The van der Waals surface area contributed by atoms with Gasteiger partial charge >= 0.3 is 5.97 Å². The van der Waals surface area contributed by atoms with Gasteiger partial charge in [-0.05, 0) is 61.4 Å². The average molecular weight is 644 g/mol. The number of ether oxygens (including phenoxy) is 1. The molecular formula is C34H37N5O8. The van der Waals surface area contributed by atoms with Crippen molar-refractivity contribution in [3.63, 3.8) is 0 Å². The molecule has 1 spiro atoms. The van der Waals surface area contributed by atoms with Crippen molar-refractivity contribution < 1.29 is 39.2 Å². The summed E-state index contributed by atoms with van der Waals surface area (Å²) in [5, 5.41) is 41.0. The van der Waals surface area contributed by atoms with Gasteiger partial charge in [-0.15, -0.1) is 0 Å². The number of anilines is 1. The van der Waals surface area contributed by atoms with Crippen LogP contribution in [0, 0.1) is 5.92 Å². The van der Waals surface area contributed by atoms with E-state index in [9.17, 15) is 29.4 Å². The Morgan fingerprint density at radius 1 is 1.02 bits per heavy atom. The van der Waals surface area contributed by atoms with Crippen molar-refractivity contribution in [3.8, 4) is 11.5 Å². The smallest absolute Gasteiger partial charge is 0.322 e. The Labute approximate surface area is 269 Å². The summed E-state index contributed by atoms with van der Waals surface area (Å²) in [6, 6.07) is 9.14. The molecule has 3 aromatic rings. The van der Waals surface area contributed by atoms with E-state index in [1.807, 2.05) is 18.2 Å². The van der Waals surface area contributed by atoms with Crippen molar-refractivity contribution in [2.24, 2.45) is 5.92 Å². The van der Waals surface area contributed by atoms with Crippen molar-refractivity contribution in [1.29, 1.82) is 0 Å². The van der Waals surface area contributed by atoms with Gasteiger partial charge in [0.15, 0.2) is 17.6 Å². The van der Waals surface area contributed by atoms with Gasteiger partial charge in [-0.2, -0.15) is 0 Å². The van der Waals surface area contributed by atoms with Crippen LogP contribution in [0.2, 0.25) is 0 Å². The first-order valence-corrected chi connectivity index (χ1v) is 16.3. The fourth-order valence-electron chi connectivity index (χ4n) is 8.70. The number of nitrogens with one attached hydrogen (secondary N) is 4. The van der Waals surface area contributed by atoms with Crippen LogP contribution in [0.25, 0.3) is 10.9 Å². The third-order valence-electron chi connectivity index (χ3n) is 10.9. The second-order valence-corrected chi connectivity index (χ2v) is 13.7. The first kappa shape index (κ1) is 29.8. The van der Waals surface area contributed by atoms with Crippen LogP contribution in [-0.4, -0.2) is 86.7 Å². The van der Waals surface area contributed by atoms with E-state index in [0.717, 1.165) is 40.9 Å². The largest absolute Gasteiger partial charge is 0.504 e. The van der Waals surface area contributed by atoms with Crippen LogP contribution in [0.1, 0.15) is 60.6 Å². The summed E-state index contributed by atoms with van der Waals surface area (Å²) >= 11 is 0. The second-order valence-electron chi connectivity index (χ2n) is 13.7. The number of benzene rings is 2. The number of fused-ring (bicyclic) bond motifs is 4. The minimum Gasteiger partial charge on any atom is -0.504 e. The summed E-state index contributed by atoms with van der Waals surface area (Å²) in [4.78, 5) is 53.5. The molecule has 3 heterocycles. The van der Waals surface area contributed by atoms with Gasteiger partial charge in [0.2, 0.25) is 17.7 Å². The molecule has 47 heavy (non-hydrogen) atoms. The summed E-state index contributed by atoms with van der Waals surface area (Å²) in [5.74, 6) is -1.54. The molecule has 13 nitrogen and oxygen atoms in total. The number of phenolic OH excluding ortho intramolecular Hbond substituents is 1. The Bertz CT molecular complexity index is 1850. The number of amides is 3. The van der Waals surface area contributed by atoms with Gasteiger partial charge in [-0.1, -0.05) is 18.2 Å². The quantitative estimate of drug-likeness (QED) is 0.172. The molecule has 3 amide bonds. The molecule has 2 aromatic carbocycles. The molecule has 1 saturated heterocycles. The molecule has 3 aliphatic carbocycles. The van der Waals surface area contributed by atoms with Crippen molar-refractivity contribution in [2.45, 2.75) is 68.1 Å². The number of likely N-dealkylation sites (tertiary alicyclic amines) is 1. The van der Waals surface area contributed by atoms with Crippen LogP contribution in [-0.2, 0) is 37.4 Å². The van der Waals surface area contributed by atoms with E-state index in [1.54, 1.807) is 12.1 Å². The SMILES string of the molecule is O=C(O)CNC(=O)CCC(=O)NCC(=O)Nc1cccc2c3c([nH]c12)[C@@H]1Oc2c(O)ccc4c2[C@@]12CCN(CC1CC1)[C@@H](C4)[C@]2(O)C3. The third kappa shape index (κ3) is 4.58. The van der Waals surface area contributed by atoms with Crippen LogP contribution >= 0.6 is 0 Å². The Morgan fingerprint density at radius 2 is 1.79 bits per heavy atom. The van der Waals surface area contributed by atoms with Gasteiger partial charge < -0.3 is 41.0 Å². The minimum absolute atomic E-state index is 0.0716. The van der Waals surface area contributed by atoms with Crippen LogP contribution in [0.4, 0.5) is 5.69 Å². The summed E-state index contributed by atoms with van der Waals surface area (Å²) in [6.07, 6.45) is 3.29. The number of para-hydroxylation sites is 1. The Morgan fingerprint density at radius 3 is 2.53 bits per heavy atom. The van der Waals surface area contributed by atoms with Crippen LogP contribution < -0.4 is 20.7 Å². The molecule has 1 saturated carbocycles. The number of hydrogen-bond donors (Lipinski definition) is 7. The summed E-state index contributed by atoms with van der Waals surface area (Å²) in [5.41, 5.74) is 3.14. The Kier molecular flexibility index (Phi) is 6.78. The number of aliphatic hydroxyl groups is 1. The zero-order valence-corrected chi connectivity index (χ0v) is 25.7. The van der Waals surface area contributed by atoms with Gasteiger partial charge in [0, 0.05) is 42.8 Å². The number of aromatic nitrogens is 1. The number of aliphatic carboxylic acids is 1. The molecule has 5 aliphatic rings. The lowest BCUT2D eigenvalue weighted by Crippen LogP contribution is -2.74. The molecule has 2 aliphatic heterocycles. The summed E-state index contributed by atoms with van der Waals surface area (Å²) in [6.45, 7) is 0.962. The van der Waals surface area contributed by atoms with Gasteiger partial charge in [-0.3, -0.25) is 24.1 Å². The van der Waals surface area contributed by atoms with Crippen molar-refractivity contribution in [1.82, 2.24) is 20.5 Å². The van der Waals surface area contributed by atoms with Gasteiger partial charge in [-0.25, -0.2) is 0 Å². The number of carboxylic acid groups (broad SMARTS) is 1. The average Bonchev–Trinajstić information content (AvgIpc) is 3.68. The lowest BCUT2D eigenvalue weighted by molar-refractivity contribution is -0.173. The zero-order chi connectivity index (χ0) is 32.7. The highest BCUT2D eigenvalue weighted by Gasteiger charge is 2.72. The normalized spacial score (nSPS) is 26.6. The number of H-pyrrole nitrogens is 1. The summed E-state index contributed by atoms with van der Waals surface area (Å²) in [7, 11) is 0. The topological polar surface area (TPSA) is 193 Å². The monoisotopic (exact) mass is 643 g/mol. The fraction of sp³-hybridized carbons (Fsp3) is 0.471. The lowest BCUT2D eigenvalue weighted by atomic mass is 9.49. The standard InChI is InChI=1S/C34H37N5O8/c40-22-7-6-18-12-23-34(46)13-20-19-2-1-3-21(37-26(43)14-35-24(41)8-9-25(42)36-15-27(44)45)29(19)38-30(20)32-33(34,28(18)31(22)47-32)10-11-39(23)16-17-4-5-17/h1-3,6-7,17,23,32,38,40,46H,4-5,8-16H2,(H,35,41)(H,36,42)(H,37,43)(H,44,45)/t23-,32-,33-,34+/m0/s1. The number of aromatic hydroxyl groups is 1. The van der Waals surface area contributed by atoms with E-state index < -0.39 is 47.4 Å². The maximum Gasteiger partial charge on any atom is 0.322 e. The minimum atomic E-state index is -1.18. The number of nitrogens with zero attached hydrogens (tertiary/aromatic N) is 1. The van der Waals surface area contributed by atoms with E-state index in [0.29, 0.717) is 42.1 Å². The fourth-order valence-corrected chi connectivity index (χ4v) is 8.70. The van der Waals surface area contributed by atoms with Crippen LogP contribution in [0.15, 0.2) is 30.3 Å². The van der Waals surface area contributed by atoms with E-state index >= 15 is 0 Å². The highest BCUT2D eigenvalue weighted by atomic mass is 16.5. The molecular weight excluding hydrogens is 606 g/mol. The molecule has 246 valence electrons.